The highest BCUT2D eigenvalue weighted by atomic mass is 19.1. The molecule has 0 spiro atoms. The van der Waals surface area contributed by atoms with Crippen LogP contribution in [0.2, 0.25) is 0 Å². The molecule has 24 heavy (non-hydrogen) atoms. The summed E-state index contributed by atoms with van der Waals surface area (Å²) >= 11 is 0. The van der Waals surface area contributed by atoms with Crippen molar-refractivity contribution < 1.29 is 14.0 Å². The van der Waals surface area contributed by atoms with Crippen molar-refractivity contribution >= 4 is 23.2 Å². The van der Waals surface area contributed by atoms with Gasteiger partial charge in [-0.2, -0.15) is 0 Å². The Hall–Kier alpha value is -2.69. The number of nitrogens with one attached hydrogen (secondary N) is 2. The van der Waals surface area contributed by atoms with Crippen LogP contribution in [0.25, 0.3) is 0 Å². The average Bonchev–Trinajstić information content (AvgIpc) is 2.56. The summed E-state index contributed by atoms with van der Waals surface area (Å²) in [6, 6.07) is 13.5. The molecule has 4 nitrogen and oxygen atoms in total. The second-order valence-corrected chi connectivity index (χ2v) is 5.62. The van der Waals surface area contributed by atoms with E-state index in [4.69, 9.17) is 0 Å². The first-order chi connectivity index (χ1) is 11.5. The Balaban J connectivity index is 2.21. The minimum atomic E-state index is -0.541. The van der Waals surface area contributed by atoms with Gasteiger partial charge in [0, 0.05) is 12.6 Å². The third kappa shape index (κ3) is 4.65. The van der Waals surface area contributed by atoms with E-state index in [2.05, 4.69) is 10.6 Å². The average molecular weight is 328 g/mol. The zero-order valence-corrected chi connectivity index (χ0v) is 13.8. The predicted molar refractivity (Wildman–Crippen MR) is 93.4 cm³/mol. The number of halogens is 1. The van der Waals surface area contributed by atoms with E-state index in [1.807, 2.05) is 37.3 Å². The van der Waals surface area contributed by atoms with E-state index in [1.54, 1.807) is 0 Å². The summed E-state index contributed by atoms with van der Waals surface area (Å²) in [5, 5.41) is 5.22. The Bertz CT molecular complexity index is 717. The highest BCUT2D eigenvalue weighted by Gasteiger charge is 2.20. The van der Waals surface area contributed by atoms with Crippen LogP contribution in [0, 0.1) is 5.82 Å². The SMILES string of the molecule is CCCC(C(=O)Nc1cc(NC(C)=O)ccc1F)c1ccccc1. The number of benzene rings is 2. The maximum atomic E-state index is 14.0. The molecular formula is C19H21FN2O2. The van der Waals surface area contributed by atoms with Gasteiger partial charge in [-0.1, -0.05) is 43.7 Å². The summed E-state index contributed by atoms with van der Waals surface area (Å²) in [6.45, 7) is 3.37. The molecular weight excluding hydrogens is 307 g/mol. The third-order valence-corrected chi connectivity index (χ3v) is 3.64. The van der Waals surface area contributed by atoms with Gasteiger partial charge in [0.05, 0.1) is 11.6 Å². The Morgan fingerprint density at radius 1 is 1.08 bits per heavy atom. The standard InChI is InChI=1S/C19H21FN2O2/c1-3-7-16(14-8-5-4-6-9-14)19(24)22-18-12-15(21-13(2)23)10-11-17(18)20/h4-6,8-12,16H,3,7H2,1-2H3,(H,21,23)(H,22,24). The normalized spacial score (nSPS) is 11.6. The molecule has 0 saturated heterocycles. The van der Waals surface area contributed by atoms with Crippen molar-refractivity contribution in [3.8, 4) is 0 Å². The number of carbonyl (C=O) groups is 2. The van der Waals surface area contributed by atoms with Crippen LogP contribution in [0.5, 0.6) is 0 Å². The topological polar surface area (TPSA) is 58.2 Å². The van der Waals surface area contributed by atoms with Crippen molar-refractivity contribution in [3.05, 3.63) is 59.9 Å². The van der Waals surface area contributed by atoms with Gasteiger partial charge in [-0.05, 0) is 30.2 Å². The summed E-state index contributed by atoms with van der Waals surface area (Å²) in [6.07, 6.45) is 1.50. The molecule has 0 aliphatic heterocycles. The Kier molecular flexibility index (Phi) is 6.07. The number of rotatable bonds is 6. The molecule has 0 bridgehead atoms. The molecule has 0 saturated carbocycles. The zero-order chi connectivity index (χ0) is 17.5. The van der Waals surface area contributed by atoms with Gasteiger partial charge in [-0.15, -0.1) is 0 Å². The fourth-order valence-corrected chi connectivity index (χ4v) is 2.55. The van der Waals surface area contributed by atoms with Gasteiger partial charge in [-0.25, -0.2) is 4.39 Å². The minimum absolute atomic E-state index is 0.0586. The minimum Gasteiger partial charge on any atom is -0.326 e. The van der Waals surface area contributed by atoms with Gasteiger partial charge in [0.15, 0.2) is 0 Å². The highest BCUT2D eigenvalue weighted by molar-refractivity contribution is 5.97. The van der Waals surface area contributed by atoms with Gasteiger partial charge in [0.1, 0.15) is 5.82 Å². The maximum absolute atomic E-state index is 14.0. The van der Waals surface area contributed by atoms with E-state index in [0.29, 0.717) is 12.1 Å². The Morgan fingerprint density at radius 2 is 1.79 bits per heavy atom. The molecule has 2 rings (SSSR count). The molecule has 0 heterocycles. The fraction of sp³-hybridized carbons (Fsp3) is 0.263. The van der Waals surface area contributed by atoms with Crippen LogP contribution in [0.15, 0.2) is 48.5 Å². The lowest BCUT2D eigenvalue weighted by atomic mass is 9.93. The van der Waals surface area contributed by atoms with Crippen LogP contribution in [-0.4, -0.2) is 11.8 Å². The molecule has 0 aliphatic carbocycles. The molecule has 1 atom stereocenters. The monoisotopic (exact) mass is 328 g/mol. The van der Waals surface area contributed by atoms with Gasteiger partial charge in [0.2, 0.25) is 11.8 Å². The number of hydrogen-bond acceptors (Lipinski definition) is 2. The summed E-state index contributed by atoms with van der Waals surface area (Å²) < 4.78 is 14.0. The lowest BCUT2D eigenvalue weighted by Crippen LogP contribution is -2.22. The van der Waals surface area contributed by atoms with Crippen molar-refractivity contribution in [2.75, 3.05) is 10.6 Å². The molecule has 0 aliphatic rings. The Morgan fingerprint density at radius 3 is 2.42 bits per heavy atom. The molecule has 2 amide bonds. The summed E-state index contributed by atoms with van der Waals surface area (Å²) in [7, 11) is 0. The second kappa shape index (κ2) is 8.24. The Labute approximate surface area is 141 Å². The first kappa shape index (κ1) is 17.7. The maximum Gasteiger partial charge on any atom is 0.231 e. The number of anilines is 2. The van der Waals surface area contributed by atoms with E-state index in [9.17, 15) is 14.0 Å². The number of amides is 2. The van der Waals surface area contributed by atoms with Crippen molar-refractivity contribution in [1.29, 1.82) is 0 Å². The molecule has 2 aromatic rings. The second-order valence-electron chi connectivity index (χ2n) is 5.62. The van der Waals surface area contributed by atoms with Crippen LogP contribution in [0.3, 0.4) is 0 Å². The highest BCUT2D eigenvalue weighted by Crippen LogP contribution is 2.25. The van der Waals surface area contributed by atoms with Crippen LogP contribution in [0.1, 0.15) is 38.2 Å². The van der Waals surface area contributed by atoms with Crippen molar-refractivity contribution in [2.24, 2.45) is 0 Å². The molecule has 0 aromatic heterocycles. The summed E-state index contributed by atoms with van der Waals surface area (Å²) in [5.74, 6) is -1.41. The summed E-state index contributed by atoms with van der Waals surface area (Å²) in [4.78, 5) is 23.7. The van der Waals surface area contributed by atoms with E-state index in [1.165, 1.54) is 25.1 Å². The number of carbonyl (C=O) groups excluding carboxylic acids is 2. The largest absolute Gasteiger partial charge is 0.326 e. The lowest BCUT2D eigenvalue weighted by Gasteiger charge is -2.17. The van der Waals surface area contributed by atoms with Crippen LogP contribution in [0.4, 0.5) is 15.8 Å². The zero-order valence-electron chi connectivity index (χ0n) is 13.8. The molecule has 0 radical (unpaired) electrons. The lowest BCUT2D eigenvalue weighted by molar-refractivity contribution is -0.117. The van der Waals surface area contributed by atoms with Crippen LogP contribution in [-0.2, 0) is 9.59 Å². The van der Waals surface area contributed by atoms with E-state index >= 15 is 0 Å². The van der Waals surface area contributed by atoms with E-state index < -0.39 is 5.82 Å². The molecule has 126 valence electrons. The molecule has 1 unspecified atom stereocenters. The molecule has 5 heteroatoms. The predicted octanol–water partition coefficient (Wildman–Crippen LogP) is 4.31. The van der Waals surface area contributed by atoms with Gasteiger partial charge >= 0.3 is 0 Å². The van der Waals surface area contributed by atoms with Gasteiger partial charge < -0.3 is 10.6 Å². The van der Waals surface area contributed by atoms with E-state index in [0.717, 1.165) is 12.0 Å². The van der Waals surface area contributed by atoms with Crippen LogP contribution < -0.4 is 10.6 Å². The van der Waals surface area contributed by atoms with Crippen molar-refractivity contribution in [1.82, 2.24) is 0 Å². The first-order valence-corrected chi connectivity index (χ1v) is 7.94. The van der Waals surface area contributed by atoms with Crippen LogP contribution >= 0.6 is 0 Å². The smallest absolute Gasteiger partial charge is 0.231 e. The first-order valence-electron chi connectivity index (χ1n) is 7.94. The number of hydrogen-bond donors (Lipinski definition) is 2. The molecule has 2 aromatic carbocycles. The van der Waals surface area contributed by atoms with E-state index in [-0.39, 0.29) is 23.4 Å². The fourth-order valence-electron chi connectivity index (χ4n) is 2.55. The van der Waals surface area contributed by atoms with Crippen molar-refractivity contribution in [3.63, 3.8) is 0 Å². The quantitative estimate of drug-likeness (QED) is 0.830. The van der Waals surface area contributed by atoms with Gasteiger partial charge in [0.25, 0.3) is 0 Å². The van der Waals surface area contributed by atoms with Gasteiger partial charge in [-0.3, -0.25) is 9.59 Å². The van der Waals surface area contributed by atoms with Crippen molar-refractivity contribution in [2.45, 2.75) is 32.6 Å². The molecule has 2 N–H and O–H groups in total. The molecule has 0 fully saturated rings. The third-order valence-electron chi connectivity index (χ3n) is 3.64. The summed E-state index contributed by atoms with van der Waals surface area (Å²) in [5.41, 5.74) is 1.39.